The minimum atomic E-state index is 0.165. The van der Waals surface area contributed by atoms with E-state index in [-0.39, 0.29) is 5.91 Å². The van der Waals surface area contributed by atoms with E-state index >= 15 is 0 Å². The zero-order chi connectivity index (χ0) is 9.68. The minimum Gasteiger partial charge on any atom is -0.359 e. The molecule has 76 valence electrons. The summed E-state index contributed by atoms with van der Waals surface area (Å²) < 4.78 is 0. The van der Waals surface area contributed by atoms with Gasteiger partial charge in [0, 0.05) is 13.5 Å². The Labute approximate surface area is 80.3 Å². The van der Waals surface area contributed by atoms with Crippen LogP contribution in [0.3, 0.4) is 0 Å². The van der Waals surface area contributed by atoms with E-state index in [0.717, 1.165) is 13.1 Å². The molecule has 0 aromatic heterocycles. The van der Waals surface area contributed by atoms with Gasteiger partial charge < -0.3 is 10.6 Å². The van der Waals surface area contributed by atoms with E-state index in [9.17, 15) is 4.79 Å². The third-order valence-corrected chi connectivity index (χ3v) is 2.93. The van der Waals surface area contributed by atoms with Gasteiger partial charge in [-0.1, -0.05) is 6.92 Å². The second-order valence-electron chi connectivity index (χ2n) is 3.96. The fraction of sp³-hybridized carbons (Fsp3) is 0.900. The highest BCUT2D eigenvalue weighted by Gasteiger charge is 2.21. The van der Waals surface area contributed by atoms with Crippen LogP contribution in [-0.2, 0) is 4.79 Å². The molecule has 0 aliphatic carbocycles. The molecule has 0 spiro atoms. The molecule has 2 N–H and O–H groups in total. The average molecular weight is 184 g/mol. The lowest BCUT2D eigenvalue weighted by Crippen LogP contribution is -2.35. The van der Waals surface area contributed by atoms with E-state index in [1.807, 2.05) is 0 Å². The van der Waals surface area contributed by atoms with E-state index < -0.39 is 0 Å². The Kier molecular flexibility index (Phi) is 4.22. The Morgan fingerprint density at radius 3 is 3.00 bits per heavy atom. The van der Waals surface area contributed by atoms with Crippen LogP contribution >= 0.6 is 0 Å². The van der Waals surface area contributed by atoms with Crippen molar-refractivity contribution in [2.45, 2.75) is 26.2 Å². The third kappa shape index (κ3) is 3.35. The van der Waals surface area contributed by atoms with Crippen molar-refractivity contribution in [2.24, 2.45) is 11.8 Å². The average Bonchev–Trinajstić information content (AvgIpc) is 2.19. The van der Waals surface area contributed by atoms with Crippen molar-refractivity contribution >= 4 is 5.91 Å². The molecule has 1 rings (SSSR count). The van der Waals surface area contributed by atoms with Crippen LogP contribution in [0.25, 0.3) is 0 Å². The van der Waals surface area contributed by atoms with Gasteiger partial charge in [-0.3, -0.25) is 4.79 Å². The highest BCUT2D eigenvalue weighted by molar-refractivity contribution is 5.75. The van der Waals surface area contributed by atoms with Crippen molar-refractivity contribution in [3.05, 3.63) is 0 Å². The van der Waals surface area contributed by atoms with E-state index in [4.69, 9.17) is 0 Å². The third-order valence-electron chi connectivity index (χ3n) is 2.93. The summed E-state index contributed by atoms with van der Waals surface area (Å²) in [6.45, 7) is 4.40. The van der Waals surface area contributed by atoms with E-state index in [1.165, 1.54) is 12.8 Å². The molecular weight excluding hydrogens is 164 g/mol. The van der Waals surface area contributed by atoms with Crippen molar-refractivity contribution in [2.75, 3.05) is 20.1 Å². The fourth-order valence-electron chi connectivity index (χ4n) is 1.93. The van der Waals surface area contributed by atoms with Gasteiger partial charge in [0.25, 0.3) is 0 Å². The van der Waals surface area contributed by atoms with Crippen LogP contribution in [0.15, 0.2) is 0 Å². The van der Waals surface area contributed by atoms with Crippen LogP contribution in [0.2, 0.25) is 0 Å². The maximum atomic E-state index is 11.1. The molecule has 1 heterocycles. The molecule has 1 aliphatic rings. The van der Waals surface area contributed by atoms with Gasteiger partial charge in [-0.15, -0.1) is 0 Å². The molecule has 13 heavy (non-hydrogen) atoms. The predicted octanol–water partition coefficient (Wildman–Crippen LogP) is 0.758. The summed E-state index contributed by atoms with van der Waals surface area (Å²) in [6, 6.07) is 0. The Bertz CT molecular complexity index is 164. The summed E-state index contributed by atoms with van der Waals surface area (Å²) in [5, 5.41) is 6.05. The van der Waals surface area contributed by atoms with Gasteiger partial charge >= 0.3 is 0 Å². The van der Waals surface area contributed by atoms with E-state index in [1.54, 1.807) is 7.05 Å². The van der Waals surface area contributed by atoms with Gasteiger partial charge in [-0.2, -0.15) is 0 Å². The molecule has 1 saturated heterocycles. The zero-order valence-electron chi connectivity index (χ0n) is 8.60. The number of piperidine rings is 1. The number of hydrogen-bond donors (Lipinski definition) is 2. The van der Waals surface area contributed by atoms with Crippen LogP contribution < -0.4 is 10.6 Å². The van der Waals surface area contributed by atoms with E-state index in [2.05, 4.69) is 17.6 Å². The number of hydrogen-bond acceptors (Lipinski definition) is 2. The fourth-order valence-corrected chi connectivity index (χ4v) is 1.93. The molecule has 3 nitrogen and oxygen atoms in total. The first-order valence-corrected chi connectivity index (χ1v) is 5.15. The largest absolute Gasteiger partial charge is 0.359 e. The number of carbonyl (C=O) groups excluding carboxylic acids is 1. The summed E-state index contributed by atoms with van der Waals surface area (Å²) in [5.74, 6) is 1.36. The molecule has 2 atom stereocenters. The zero-order valence-corrected chi connectivity index (χ0v) is 8.60. The lowest BCUT2D eigenvalue weighted by molar-refractivity contribution is -0.121. The van der Waals surface area contributed by atoms with Crippen LogP contribution in [0.1, 0.15) is 26.2 Å². The summed E-state index contributed by atoms with van der Waals surface area (Å²) >= 11 is 0. The monoisotopic (exact) mass is 184 g/mol. The molecule has 0 unspecified atom stereocenters. The smallest absolute Gasteiger partial charge is 0.220 e. The Hall–Kier alpha value is -0.570. The van der Waals surface area contributed by atoms with Crippen LogP contribution in [-0.4, -0.2) is 26.0 Å². The maximum absolute atomic E-state index is 11.1. The lowest BCUT2D eigenvalue weighted by atomic mass is 9.85. The Morgan fingerprint density at radius 1 is 1.69 bits per heavy atom. The normalized spacial score (nSPS) is 25.2. The lowest BCUT2D eigenvalue weighted by Gasteiger charge is -2.27. The molecule has 1 aliphatic heterocycles. The van der Waals surface area contributed by atoms with E-state index in [0.29, 0.717) is 18.3 Å². The molecular formula is C10H20N2O. The van der Waals surface area contributed by atoms with Gasteiger partial charge in [-0.05, 0) is 37.8 Å². The number of amides is 1. The van der Waals surface area contributed by atoms with Crippen LogP contribution in [0.4, 0.5) is 0 Å². The second kappa shape index (κ2) is 5.22. The summed E-state index contributed by atoms with van der Waals surface area (Å²) in [7, 11) is 1.70. The van der Waals surface area contributed by atoms with Gasteiger partial charge in [0.05, 0.1) is 0 Å². The summed E-state index contributed by atoms with van der Waals surface area (Å²) in [5.41, 5.74) is 0. The molecule has 1 fully saturated rings. The first-order valence-electron chi connectivity index (χ1n) is 5.15. The number of carbonyl (C=O) groups is 1. The number of rotatable bonds is 3. The summed E-state index contributed by atoms with van der Waals surface area (Å²) in [4.78, 5) is 11.1. The van der Waals surface area contributed by atoms with Gasteiger partial charge in [0.1, 0.15) is 0 Å². The van der Waals surface area contributed by atoms with Crippen molar-refractivity contribution in [3.63, 3.8) is 0 Å². The van der Waals surface area contributed by atoms with Crippen molar-refractivity contribution in [1.29, 1.82) is 0 Å². The standard InChI is InChI=1S/C10H20N2O/c1-8(6-10(13)11-2)9-4-3-5-12-7-9/h8-9,12H,3-7H2,1-2H3,(H,11,13)/t8-,9-/m0/s1. The highest BCUT2D eigenvalue weighted by Crippen LogP contribution is 2.22. The van der Waals surface area contributed by atoms with Gasteiger partial charge in [0.15, 0.2) is 0 Å². The second-order valence-corrected chi connectivity index (χ2v) is 3.96. The molecule has 0 bridgehead atoms. The molecule has 1 amide bonds. The molecule has 3 heteroatoms. The van der Waals surface area contributed by atoms with Crippen molar-refractivity contribution in [3.8, 4) is 0 Å². The predicted molar refractivity (Wildman–Crippen MR) is 53.4 cm³/mol. The molecule has 0 radical (unpaired) electrons. The Balaban J connectivity index is 2.28. The van der Waals surface area contributed by atoms with Crippen LogP contribution in [0.5, 0.6) is 0 Å². The Morgan fingerprint density at radius 2 is 2.46 bits per heavy atom. The number of nitrogens with one attached hydrogen (secondary N) is 2. The first kappa shape index (κ1) is 10.5. The van der Waals surface area contributed by atoms with Crippen molar-refractivity contribution < 1.29 is 4.79 Å². The SMILES string of the molecule is CNC(=O)C[C@H](C)[C@H]1CCCNC1. The summed E-state index contributed by atoms with van der Waals surface area (Å²) in [6.07, 6.45) is 3.19. The maximum Gasteiger partial charge on any atom is 0.220 e. The quantitative estimate of drug-likeness (QED) is 0.680. The van der Waals surface area contributed by atoms with Crippen LogP contribution in [0, 0.1) is 11.8 Å². The topological polar surface area (TPSA) is 41.1 Å². The van der Waals surface area contributed by atoms with Crippen molar-refractivity contribution in [1.82, 2.24) is 10.6 Å². The highest BCUT2D eigenvalue weighted by atomic mass is 16.1. The first-order chi connectivity index (χ1) is 6.24. The van der Waals surface area contributed by atoms with Gasteiger partial charge in [-0.25, -0.2) is 0 Å². The molecule has 0 saturated carbocycles. The molecule has 0 aromatic rings. The molecule has 0 aromatic carbocycles. The minimum absolute atomic E-state index is 0.165. The van der Waals surface area contributed by atoms with Gasteiger partial charge in [0.2, 0.25) is 5.91 Å².